The predicted octanol–water partition coefficient (Wildman–Crippen LogP) is 5.23. The van der Waals surface area contributed by atoms with Crippen molar-refractivity contribution < 1.29 is 9.21 Å². The van der Waals surface area contributed by atoms with Crippen molar-refractivity contribution in [1.29, 1.82) is 0 Å². The van der Waals surface area contributed by atoms with Crippen LogP contribution in [0.5, 0.6) is 0 Å². The zero-order valence-corrected chi connectivity index (χ0v) is 18.0. The molecule has 0 spiro atoms. The summed E-state index contributed by atoms with van der Waals surface area (Å²) in [5, 5.41) is 4.09. The Balaban J connectivity index is 1.39. The summed E-state index contributed by atoms with van der Waals surface area (Å²) in [6, 6.07) is 23.7. The van der Waals surface area contributed by atoms with E-state index in [1.807, 2.05) is 48.5 Å². The second kappa shape index (κ2) is 8.35. The van der Waals surface area contributed by atoms with Crippen molar-refractivity contribution in [1.82, 2.24) is 0 Å². The normalized spacial score (nSPS) is 16.0. The van der Waals surface area contributed by atoms with E-state index in [2.05, 4.69) is 28.5 Å². The number of para-hydroxylation sites is 1. The fraction of sp³-hybridized carbons (Fsp3) is 0.185. The van der Waals surface area contributed by atoms with Crippen LogP contribution in [0.2, 0.25) is 0 Å². The van der Waals surface area contributed by atoms with Crippen LogP contribution in [0.15, 0.2) is 82.2 Å². The maximum atomic E-state index is 13.0. The van der Waals surface area contributed by atoms with Gasteiger partial charge in [-0.25, -0.2) is 0 Å². The molecule has 5 nitrogen and oxygen atoms in total. The van der Waals surface area contributed by atoms with Crippen molar-refractivity contribution in [2.45, 2.75) is 19.3 Å². The minimum atomic E-state index is -0.0411. The lowest BCUT2D eigenvalue weighted by atomic mass is 9.83. The van der Waals surface area contributed by atoms with Crippen molar-refractivity contribution in [2.24, 2.45) is 10.9 Å². The zero-order valence-electron chi connectivity index (χ0n) is 18.0. The molecular weight excluding hydrogens is 398 g/mol. The standard InChI is InChI=1S/C27H25N3O2/c1-29-26(25-15-19-8-4-5-9-24(19)32-25)22-16-21(12-13-23(22)28)30-27(31)20-11-10-17-6-2-3-7-18(17)14-20/h2-9,12-13,15-16,20H,10-11,14,28H2,1H3,(H,30,31). The average molecular weight is 424 g/mol. The van der Waals surface area contributed by atoms with Crippen LogP contribution in [0.4, 0.5) is 11.4 Å². The predicted molar refractivity (Wildman–Crippen MR) is 129 cm³/mol. The summed E-state index contributed by atoms with van der Waals surface area (Å²) >= 11 is 0. The largest absolute Gasteiger partial charge is 0.454 e. The van der Waals surface area contributed by atoms with Gasteiger partial charge in [-0.05, 0) is 60.7 Å². The van der Waals surface area contributed by atoms with Gasteiger partial charge in [0.15, 0.2) is 5.76 Å². The monoisotopic (exact) mass is 423 g/mol. The van der Waals surface area contributed by atoms with Crippen molar-refractivity contribution in [3.8, 4) is 0 Å². The van der Waals surface area contributed by atoms with E-state index in [0.717, 1.165) is 35.8 Å². The topological polar surface area (TPSA) is 80.6 Å². The number of anilines is 2. The van der Waals surface area contributed by atoms with Crippen LogP contribution in [-0.2, 0) is 17.6 Å². The second-order valence-corrected chi connectivity index (χ2v) is 8.22. The third kappa shape index (κ3) is 3.78. The first-order valence-corrected chi connectivity index (χ1v) is 10.9. The lowest BCUT2D eigenvalue weighted by molar-refractivity contribution is -0.120. The number of nitrogen functional groups attached to an aromatic ring is 1. The zero-order chi connectivity index (χ0) is 22.1. The van der Waals surface area contributed by atoms with Crippen LogP contribution in [0.3, 0.4) is 0 Å². The lowest BCUT2D eigenvalue weighted by Gasteiger charge is -2.24. The van der Waals surface area contributed by atoms with Crippen LogP contribution in [0.25, 0.3) is 11.0 Å². The molecule has 0 aliphatic heterocycles. The van der Waals surface area contributed by atoms with E-state index >= 15 is 0 Å². The van der Waals surface area contributed by atoms with E-state index in [4.69, 9.17) is 10.2 Å². The van der Waals surface area contributed by atoms with Gasteiger partial charge in [0.2, 0.25) is 5.91 Å². The van der Waals surface area contributed by atoms with Crippen molar-refractivity contribution in [3.05, 3.63) is 95.2 Å². The summed E-state index contributed by atoms with van der Waals surface area (Å²) in [4.78, 5) is 17.5. The molecule has 1 aromatic heterocycles. The molecule has 1 unspecified atom stereocenters. The molecule has 1 aliphatic carbocycles. The van der Waals surface area contributed by atoms with Gasteiger partial charge in [0.25, 0.3) is 0 Å². The maximum Gasteiger partial charge on any atom is 0.227 e. The van der Waals surface area contributed by atoms with Gasteiger partial charge in [0, 0.05) is 35.3 Å². The molecule has 4 aromatic rings. The van der Waals surface area contributed by atoms with Gasteiger partial charge < -0.3 is 15.5 Å². The number of hydrogen-bond donors (Lipinski definition) is 2. The summed E-state index contributed by atoms with van der Waals surface area (Å²) in [7, 11) is 1.71. The van der Waals surface area contributed by atoms with Gasteiger partial charge in [0.05, 0.1) is 0 Å². The number of furan rings is 1. The Hall–Kier alpha value is -3.86. The summed E-state index contributed by atoms with van der Waals surface area (Å²) in [6.07, 6.45) is 2.55. The van der Waals surface area contributed by atoms with Gasteiger partial charge >= 0.3 is 0 Å². The molecule has 32 heavy (non-hydrogen) atoms. The number of nitrogens with zero attached hydrogens (tertiary/aromatic N) is 1. The average Bonchev–Trinajstić information content (AvgIpc) is 3.25. The van der Waals surface area contributed by atoms with E-state index in [-0.39, 0.29) is 11.8 Å². The highest BCUT2D eigenvalue weighted by Crippen LogP contribution is 2.29. The Morgan fingerprint density at radius 2 is 1.81 bits per heavy atom. The minimum Gasteiger partial charge on any atom is -0.454 e. The molecule has 3 N–H and O–H groups in total. The van der Waals surface area contributed by atoms with Crippen LogP contribution < -0.4 is 11.1 Å². The molecule has 5 rings (SSSR count). The third-order valence-electron chi connectivity index (χ3n) is 6.18. The smallest absolute Gasteiger partial charge is 0.227 e. The van der Waals surface area contributed by atoms with Crippen molar-refractivity contribution in [3.63, 3.8) is 0 Å². The van der Waals surface area contributed by atoms with E-state index < -0.39 is 0 Å². The molecule has 0 fully saturated rings. The maximum absolute atomic E-state index is 13.0. The number of benzene rings is 3. The van der Waals surface area contributed by atoms with Crippen LogP contribution in [0, 0.1) is 5.92 Å². The molecule has 3 aromatic carbocycles. The Morgan fingerprint density at radius 3 is 2.62 bits per heavy atom. The molecule has 5 heteroatoms. The summed E-state index contributed by atoms with van der Waals surface area (Å²) in [5.74, 6) is 0.641. The number of aryl methyl sites for hydroxylation is 1. The van der Waals surface area contributed by atoms with E-state index in [9.17, 15) is 4.79 Å². The number of fused-ring (bicyclic) bond motifs is 2. The number of nitrogens with one attached hydrogen (secondary N) is 1. The molecule has 0 saturated heterocycles. The van der Waals surface area contributed by atoms with Gasteiger partial charge in [-0.2, -0.15) is 0 Å². The summed E-state index contributed by atoms with van der Waals surface area (Å²) in [5.41, 5.74) is 12.4. The molecule has 1 atom stereocenters. The number of nitrogens with two attached hydrogens (primary N) is 1. The SMILES string of the molecule is CN=C(c1cc2ccccc2o1)c1cc(NC(=O)C2CCc3ccccc3C2)ccc1N. The minimum absolute atomic E-state index is 0.0361. The van der Waals surface area contributed by atoms with Crippen LogP contribution in [-0.4, -0.2) is 18.7 Å². The Bertz CT molecular complexity index is 1300. The van der Waals surface area contributed by atoms with Gasteiger partial charge in [-0.3, -0.25) is 9.79 Å². The number of hydrogen-bond acceptors (Lipinski definition) is 4. The third-order valence-corrected chi connectivity index (χ3v) is 6.18. The molecule has 1 heterocycles. The van der Waals surface area contributed by atoms with Crippen LogP contribution >= 0.6 is 0 Å². The number of amides is 1. The Labute approximate surface area is 187 Å². The highest BCUT2D eigenvalue weighted by molar-refractivity contribution is 6.16. The number of carbonyl (C=O) groups excluding carboxylic acids is 1. The number of rotatable bonds is 4. The quantitative estimate of drug-likeness (QED) is 0.349. The van der Waals surface area contributed by atoms with Gasteiger partial charge in [0.1, 0.15) is 11.3 Å². The highest BCUT2D eigenvalue weighted by atomic mass is 16.3. The lowest BCUT2D eigenvalue weighted by Crippen LogP contribution is -2.28. The van der Waals surface area contributed by atoms with Gasteiger partial charge in [-0.1, -0.05) is 42.5 Å². The van der Waals surface area contributed by atoms with Crippen LogP contribution in [0.1, 0.15) is 28.9 Å². The fourth-order valence-corrected chi connectivity index (χ4v) is 4.47. The second-order valence-electron chi connectivity index (χ2n) is 8.22. The number of carbonyl (C=O) groups is 1. The first-order chi connectivity index (χ1) is 15.6. The fourth-order valence-electron chi connectivity index (χ4n) is 4.47. The molecule has 0 bridgehead atoms. The van der Waals surface area contributed by atoms with Gasteiger partial charge in [-0.15, -0.1) is 0 Å². The summed E-state index contributed by atoms with van der Waals surface area (Å²) < 4.78 is 6.01. The highest BCUT2D eigenvalue weighted by Gasteiger charge is 2.25. The number of aliphatic imine (C=N–C) groups is 1. The first kappa shape index (κ1) is 20.1. The van der Waals surface area contributed by atoms with E-state index in [0.29, 0.717) is 22.8 Å². The van der Waals surface area contributed by atoms with Crippen molar-refractivity contribution >= 4 is 34.0 Å². The molecule has 1 aliphatic rings. The summed E-state index contributed by atoms with van der Waals surface area (Å²) in [6.45, 7) is 0. The molecular formula is C27H25N3O2. The molecule has 0 radical (unpaired) electrons. The molecule has 160 valence electrons. The molecule has 0 saturated carbocycles. The Morgan fingerprint density at radius 1 is 1.03 bits per heavy atom. The first-order valence-electron chi connectivity index (χ1n) is 10.9. The van der Waals surface area contributed by atoms with E-state index in [1.54, 1.807) is 13.1 Å². The van der Waals surface area contributed by atoms with E-state index in [1.165, 1.54) is 11.1 Å². The molecule has 1 amide bonds. The van der Waals surface area contributed by atoms with Crippen molar-refractivity contribution in [2.75, 3.05) is 18.1 Å². The Kier molecular flexibility index (Phi) is 5.23.